The monoisotopic (exact) mass is 486 g/mol. The van der Waals surface area contributed by atoms with E-state index in [0.29, 0.717) is 6.20 Å². The Balaban J connectivity index is 2.66. The third-order valence-electron chi connectivity index (χ3n) is 4.60. The van der Waals surface area contributed by atoms with Gasteiger partial charge in [-0.1, -0.05) is 0 Å². The maximum atomic E-state index is 13.5. The second-order valence-corrected chi connectivity index (χ2v) is 7.11. The summed E-state index contributed by atoms with van der Waals surface area (Å²) < 4.78 is 13.5. The molecule has 0 aromatic carbocycles. The van der Waals surface area contributed by atoms with E-state index in [4.69, 9.17) is 20.3 Å². The van der Waals surface area contributed by atoms with Crippen molar-refractivity contribution in [2.75, 3.05) is 11.9 Å². The van der Waals surface area contributed by atoms with Gasteiger partial charge in [-0.25, -0.2) is 23.8 Å². The zero-order valence-electron chi connectivity index (χ0n) is 18.0. The van der Waals surface area contributed by atoms with Crippen LogP contribution in [0.1, 0.15) is 32.1 Å². The minimum Gasteiger partial charge on any atom is -0.481 e. The van der Waals surface area contributed by atoms with Crippen LogP contribution in [0.5, 0.6) is 0 Å². The van der Waals surface area contributed by atoms with E-state index in [0.717, 1.165) is 11.0 Å². The zero-order valence-corrected chi connectivity index (χ0v) is 18.0. The summed E-state index contributed by atoms with van der Waals surface area (Å²) >= 11 is 0. The number of rotatable bonds is 13. The third kappa shape index (κ3) is 8.99. The molecule has 0 bridgehead atoms. The van der Waals surface area contributed by atoms with E-state index < -0.39 is 73.2 Å². The van der Waals surface area contributed by atoms with Crippen molar-refractivity contribution >= 4 is 48.2 Å². The minimum atomic E-state index is -2.12. The van der Waals surface area contributed by atoms with Crippen molar-refractivity contribution in [1.29, 1.82) is 0 Å². The molecular formula is C18H24BFN4O10. The highest BCUT2D eigenvalue weighted by atomic mass is 19.1. The summed E-state index contributed by atoms with van der Waals surface area (Å²) in [6, 6.07) is -3.20. The summed E-state index contributed by atoms with van der Waals surface area (Å²) in [4.78, 5) is 62.1. The van der Waals surface area contributed by atoms with E-state index in [1.165, 1.54) is 7.05 Å². The average Bonchev–Trinajstić information content (AvgIpc) is 2.74. The molecule has 0 saturated heterocycles. The number of aliphatic carboxylic acids is 3. The first kappa shape index (κ1) is 28.2. The van der Waals surface area contributed by atoms with E-state index in [1.807, 2.05) is 5.32 Å². The van der Waals surface area contributed by atoms with Crippen LogP contribution in [-0.4, -0.2) is 86.4 Å². The molecule has 0 aliphatic carbocycles. The normalized spacial score (nSPS) is 12.2. The number of carboxylic acid groups (broad SMARTS) is 3. The molecule has 34 heavy (non-hydrogen) atoms. The number of urea groups is 1. The van der Waals surface area contributed by atoms with Crippen LogP contribution in [0.15, 0.2) is 12.3 Å². The molecule has 186 valence electrons. The Morgan fingerprint density at radius 2 is 1.59 bits per heavy atom. The van der Waals surface area contributed by atoms with Crippen molar-refractivity contribution in [3.8, 4) is 0 Å². The van der Waals surface area contributed by atoms with Crippen LogP contribution in [-0.2, 0) is 19.2 Å². The second kappa shape index (κ2) is 13.1. The summed E-state index contributed by atoms with van der Waals surface area (Å²) in [5, 5.41) is 49.3. The first-order valence-corrected chi connectivity index (χ1v) is 9.86. The highest BCUT2D eigenvalue weighted by molar-refractivity contribution is 6.58. The van der Waals surface area contributed by atoms with Crippen molar-refractivity contribution in [3.05, 3.63) is 18.1 Å². The smallest absolute Gasteiger partial charge is 0.481 e. The maximum absolute atomic E-state index is 13.5. The fraction of sp³-hybridized carbons (Fsp3) is 0.444. The summed E-state index contributed by atoms with van der Waals surface area (Å²) in [7, 11) is -0.830. The lowest BCUT2D eigenvalue weighted by molar-refractivity contribution is -0.140. The zero-order chi connectivity index (χ0) is 26.0. The van der Waals surface area contributed by atoms with Gasteiger partial charge >= 0.3 is 31.1 Å². The van der Waals surface area contributed by atoms with Gasteiger partial charge in [-0.2, -0.15) is 0 Å². The van der Waals surface area contributed by atoms with Crippen LogP contribution in [0.4, 0.5) is 15.0 Å². The highest BCUT2D eigenvalue weighted by Crippen LogP contribution is 2.12. The number of carboxylic acids is 3. The molecule has 0 aliphatic rings. The molecule has 0 aliphatic heterocycles. The van der Waals surface area contributed by atoms with E-state index >= 15 is 0 Å². The molecule has 0 unspecified atom stereocenters. The molecule has 0 fully saturated rings. The van der Waals surface area contributed by atoms with E-state index in [2.05, 4.69) is 10.3 Å². The van der Waals surface area contributed by atoms with Crippen molar-refractivity contribution in [1.82, 2.24) is 15.6 Å². The number of anilines is 1. The van der Waals surface area contributed by atoms with Gasteiger partial charge in [-0.3, -0.25) is 14.5 Å². The molecule has 2 atom stereocenters. The first-order chi connectivity index (χ1) is 15.8. The Kier molecular flexibility index (Phi) is 10.8. The van der Waals surface area contributed by atoms with Crippen LogP contribution < -0.4 is 21.0 Å². The van der Waals surface area contributed by atoms with Crippen LogP contribution in [0.3, 0.4) is 0 Å². The predicted octanol–water partition coefficient (Wildman–Crippen LogP) is -1.90. The number of halogens is 1. The molecule has 14 nitrogen and oxygen atoms in total. The molecule has 1 aromatic rings. The lowest BCUT2D eigenvalue weighted by atomic mass is 9.80. The van der Waals surface area contributed by atoms with Gasteiger partial charge in [-0.15, -0.1) is 0 Å². The van der Waals surface area contributed by atoms with Gasteiger partial charge < -0.3 is 36.0 Å². The molecule has 3 amide bonds. The number of amides is 3. The van der Waals surface area contributed by atoms with E-state index in [-0.39, 0.29) is 25.1 Å². The van der Waals surface area contributed by atoms with Crippen molar-refractivity contribution in [2.24, 2.45) is 0 Å². The van der Waals surface area contributed by atoms with Crippen LogP contribution >= 0.6 is 0 Å². The lowest BCUT2D eigenvalue weighted by Crippen LogP contribution is -2.51. The largest absolute Gasteiger partial charge is 0.491 e. The molecule has 1 heterocycles. The molecule has 16 heteroatoms. The topological polar surface area (TPSA) is 227 Å². The first-order valence-electron chi connectivity index (χ1n) is 9.86. The van der Waals surface area contributed by atoms with E-state index in [1.54, 1.807) is 0 Å². The van der Waals surface area contributed by atoms with Crippen LogP contribution in [0, 0.1) is 5.82 Å². The molecule has 1 aromatic heterocycles. The number of hydrogen-bond acceptors (Lipinski definition) is 8. The number of carbonyl (C=O) groups excluding carboxylic acids is 2. The number of nitrogens with one attached hydrogen (secondary N) is 2. The highest BCUT2D eigenvalue weighted by Gasteiger charge is 2.25. The number of hydrogen-bond donors (Lipinski definition) is 7. The molecule has 0 saturated carbocycles. The van der Waals surface area contributed by atoms with Crippen molar-refractivity contribution < 1.29 is 53.7 Å². The average molecular weight is 486 g/mol. The minimum absolute atomic E-state index is 0.0293. The Morgan fingerprint density at radius 1 is 1.03 bits per heavy atom. The quantitative estimate of drug-likeness (QED) is 0.152. The Bertz CT molecular complexity index is 932. The van der Waals surface area contributed by atoms with Gasteiger partial charge in [0.05, 0.1) is 6.20 Å². The van der Waals surface area contributed by atoms with Crippen molar-refractivity contribution in [2.45, 2.75) is 44.2 Å². The number of aromatic nitrogens is 1. The third-order valence-corrected chi connectivity index (χ3v) is 4.60. The van der Waals surface area contributed by atoms with Crippen LogP contribution in [0.2, 0.25) is 0 Å². The summed E-state index contributed by atoms with van der Waals surface area (Å²) in [6.07, 6.45) is -0.696. The fourth-order valence-electron chi connectivity index (χ4n) is 2.72. The van der Waals surface area contributed by atoms with Gasteiger partial charge in [0.25, 0.3) is 0 Å². The summed E-state index contributed by atoms with van der Waals surface area (Å²) in [6.45, 7) is 0. The molecule has 0 spiro atoms. The number of pyridine rings is 1. The number of nitrogens with zero attached hydrogens (tertiary/aromatic N) is 2. The number of carbonyl (C=O) groups is 5. The molecule has 7 N–H and O–H groups in total. The maximum Gasteiger partial charge on any atom is 0.491 e. The Hall–Kier alpha value is -3.79. The predicted molar refractivity (Wildman–Crippen MR) is 113 cm³/mol. The van der Waals surface area contributed by atoms with Gasteiger partial charge in [0.2, 0.25) is 5.91 Å². The van der Waals surface area contributed by atoms with Gasteiger partial charge in [-0.05, 0) is 25.3 Å². The van der Waals surface area contributed by atoms with Gasteiger partial charge in [0, 0.05) is 25.4 Å². The van der Waals surface area contributed by atoms with E-state index in [9.17, 15) is 33.5 Å². The second-order valence-electron chi connectivity index (χ2n) is 7.11. The standard InChI is InChI=1S/C18H24BFN4O10/c1-24(13-7-9(19(33)34)10(20)8-21-13)14(25)4-2-3-11(16(28)29)22-18(32)23-12(17(30)31)5-6-15(26)27/h7-8,11-12,33-34H,2-6H2,1H3,(H,26,27)(H,28,29)(H,30,31)(H2,22,23,32)/t11-,12-/m0/s1. The van der Waals surface area contributed by atoms with Crippen LogP contribution in [0.25, 0.3) is 0 Å². The SMILES string of the molecule is CN(C(=O)CCC[C@H](NC(=O)N[C@@H](CCC(=O)O)C(=O)O)C(=O)O)c1cc(B(O)O)c(F)cn1. The lowest BCUT2D eigenvalue weighted by Gasteiger charge is -2.19. The summed E-state index contributed by atoms with van der Waals surface area (Å²) in [5.41, 5.74) is -0.492. The molecule has 1 rings (SSSR count). The molecular weight excluding hydrogens is 462 g/mol. The van der Waals surface area contributed by atoms with Crippen molar-refractivity contribution in [3.63, 3.8) is 0 Å². The Morgan fingerprint density at radius 3 is 2.09 bits per heavy atom. The summed E-state index contributed by atoms with van der Waals surface area (Å²) in [5.74, 6) is -5.85. The van der Waals surface area contributed by atoms with Gasteiger partial charge in [0.1, 0.15) is 23.7 Å². The Labute approximate surface area is 192 Å². The van der Waals surface area contributed by atoms with Gasteiger partial charge in [0.15, 0.2) is 0 Å². The fourth-order valence-corrected chi connectivity index (χ4v) is 2.72. The molecule has 0 radical (unpaired) electrons.